The van der Waals surface area contributed by atoms with Crippen LogP contribution in [0.5, 0.6) is 0 Å². The number of halogens is 2. The summed E-state index contributed by atoms with van der Waals surface area (Å²) in [7, 11) is 0. The minimum Gasteiger partial charge on any atom is -0.481 e. The molecule has 0 saturated carbocycles. The van der Waals surface area contributed by atoms with Gasteiger partial charge in [-0.05, 0) is 42.0 Å². The van der Waals surface area contributed by atoms with Crippen molar-refractivity contribution in [1.82, 2.24) is 10.3 Å². The number of nitrogens with zero attached hydrogens (tertiary/aromatic N) is 2. The SMILES string of the molecule is O=C(O)CCNC(=O)c1ccc(CN(c2nc(-c3ccc(Cl)cc3)cs2)c2ccccc2F)cc1. The molecule has 0 spiro atoms. The van der Waals surface area contributed by atoms with Gasteiger partial charge in [-0.3, -0.25) is 9.59 Å². The van der Waals surface area contributed by atoms with E-state index in [0.29, 0.717) is 27.9 Å². The number of aliphatic carboxylic acids is 1. The van der Waals surface area contributed by atoms with Crippen LogP contribution < -0.4 is 10.2 Å². The largest absolute Gasteiger partial charge is 0.481 e. The highest BCUT2D eigenvalue weighted by atomic mass is 35.5. The number of thiazole rings is 1. The first-order chi connectivity index (χ1) is 16.9. The number of amides is 1. The van der Waals surface area contributed by atoms with E-state index >= 15 is 0 Å². The molecule has 0 atom stereocenters. The summed E-state index contributed by atoms with van der Waals surface area (Å²) in [5.74, 6) is -1.70. The van der Waals surface area contributed by atoms with Gasteiger partial charge in [0.2, 0.25) is 0 Å². The smallest absolute Gasteiger partial charge is 0.305 e. The quantitative estimate of drug-likeness (QED) is 0.283. The van der Waals surface area contributed by atoms with Crippen LogP contribution in [0.15, 0.2) is 78.2 Å². The molecule has 0 radical (unpaired) electrons. The highest BCUT2D eigenvalue weighted by molar-refractivity contribution is 7.14. The number of para-hydroxylation sites is 1. The lowest BCUT2D eigenvalue weighted by Gasteiger charge is -2.23. The average Bonchev–Trinajstić information content (AvgIpc) is 3.34. The molecule has 35 heavy (non-hydrogen) atoms. The number of anilines is 2. The summed E-state index contributed by atoms with van der Waals surface area (Å²) in [6, 6.07) is 20.7. The third kappa shape index (κ3) is 6.23. The predicted molar refractivity (Wildman–Crippen MR) is 136 cm³/mol. The van der Waals surface area contributed by atoms with Crippen molar-refractivity contribution < 1.29 is 19.1 Å². The van der Waals surface area contributed by atoms with Crippen molar-refractivity contribution in [3.8, 4) is 11.3 Å². The molecule has 0 fully saturated rings. The third-order valence-electron chi connectivity index (χ3n) is 5.19. The second kappa shape index (κ2) is 11.1. The van der Waals surface area contributed by atoms with E-state index in [2.05, 4.69) is 5.32 Å². The molecule has 0 bridgehead atoms. The number of aromatic nitrogens is 1. The van der Waals surface area contributed by atoms with Crippen molar-refractivity contribution in [2.24, 2.45) is 0 Å². The van der Waals surface area contributed by atoms with Gasteiger partial charge in [0.15, 0.2) is 5.13 Å². The number of rotatable bonds is 9. The van der Waals surface area contributed by atoms with Crippen molar-refractivity contribution in [3.05, 3.63) is 100 Å². The summed E-state index contributed by atoms with van der Waals surface area (Å²) in [5, 5.41) is 14.5. The Morgan fingerprint density at radius 3 is 2.43 bits per heavy atom. The van der Waals surface area contributed by atoms with Gasteiger partial charge in [-0.25, -0.2) is 9.37 Å². The molecule has 4 aromatic rings. The molecule has 0 aliphatic carbocycles. The van der Waals surface area contributed by atoms with E-state index in [1.807, 2.05) is 17.5 Å². The van der Waals surface area contributed by atoms with Crippen molar-refractivity contribution in [3.63, 3.8) is 0 Å². The van der Waals surface area contributed by atoms with Gasteiger partial charge in [-0.2, -0.15) is 0 Å². The normalized spacial score (nSPS) is 10.7. The zero-order valence-corrected chi connectivity index (χ0v) is 20.0. The first-order valence-electron chi connectivity index (χ1n) is 10.7. The van der Waals surface area contributed by atoms with Crippen LogP contribution in [0.4, 0.5) is 15.2 Å². The molecule has 178 valence electrons. The van der Waals surface area contributed by atoms with E-state index < -0.39 is 5.97 Å². The number of carboxylic acids is 1. The molecule has 0 aliphatic rings. The van der Waals surface area contributed by atoms with E-state index in [0.717, 1.165) is 16.8 Å². The first kappa shape index (κ1) is 24.4. The summed E-state index contributed by atoms with van der Waals surface area (Å²) < 4.78 is 14.8. The first-order valence-corrected chi connectivity index (χ1v) is 12.0. The zero-order valence-electron chi connectivity index (χ0n) is 18.4. The number of carbonyl (C=O) groups excluding carboxylic acids is 1. The van der Waals surface area contributed by atoms with E-state index in [1.165, 1.54) is 17.4 Å². The molecule has 0 saturated heterocycles. The van der Waals surface area contributed by atoms with Crippen LogP contribution in [-0.4, -0.2) is 28.5 Å². The monoisotopic (exact) mass is 509 g/mol. The molecule has 1 heterocycles. The second-order valence-corrected chi connectivity index (χ2v) is 8.93. The molecular weight excluding hydrogens is 489 g/mol. The number of hydrogen-bond donors (Lipinski definition) is 2. The van der Waals surface area contributed by atoms with Gasteiger partial charge < -0.3 is 15.3 Å². The predicted octanol–water partition coefficient (Wildman–Crippen LogP) is 6.15. The molecule has 9 heteroatoms. The Kier molecular flexibility index (Phi) is 7.74. The lowest BCUT2D eigenvalue weighted by Crippen LogP contribution is -2.26. The van der Waals surface area contributed by atoms with Gasteiger partial charge in [0.1, 0.15) is 5.82 Å². The van der Waals surface area contributed by atoms with Crippen LogP contribution in [0, 0.1) is 5.82 Å². The van der Waals surface area contributed by atoms with Gasteiger partial charge >= 0.3 is 5.97 Å². The Balaban J connectivity index is 1.57. The molecule has 0 aliphatic heterocycles. The molecule has 3 aromatic carbocycles. The Hall–Kier alpha value is -3.75. The number of carboxylic acid groups (broad SMARTS) is 1. The number of benzene rings is 3. The van der Waals surface area contributed by atoms with Crippen LogP contribution in [0.25, 0.3) is 11.3 Å². The maximum Gasteiger partial charge on any atom is 0.305 e. The highest BCUT2D eigenvalue weighted by Crippen LogP contribution is 2.35. The van der Waals surface area contributed by atoms with Gasteiger partial charge in [0, 0.05) is 28.1 Å². The maximum atomic E-state index is 14.8. The van der Waals surface area contributed by atoms with Crippen molar-refractivity contribution in [1.29, 1.82) is 0 Å². The second-order valence-electron chi connectivity index (χ2n) is 7.66. The van der Waals surface area contributed by atoms with E-state index in [-0.39, 0.29) is 24.7 Å². The number of carbonyl (C=O) groups is 2. The molecule has 2 N–H and O–H groups in total. The summed E-state index contributed by atoms with van der Waals surface area (Å²) in [6.07, 6.45) is -0.146. The van der Waals surface area contributed by atoms with Crippen molar-refractivity contribution >= 4 is 45.6 Å². The van der Waals surface area contributed by atoms with E-state index in [1.54, 1.807) is 59.5 Å². The highest BCUT2D eigenvalue weighted by Gasteiger charge is 2.18. The average molecular weight is 510 g/mol. The Labute approximate surface area is 210 Å². The van der Waals surface area contributed by atoms with Crippen LogP contribution in [0.1, 0.15) is 22.3 Å². The fraction of sp³-hybridized carbons (Fsp3) is 0.115. The van der Waals surface area contributed by atoms with Gasteiger partial charge in [0.05, 0.1) is 24.3 Å². The summed E-state index contributed by atoms with van der Waals surface area (Å²) in [6.45, 7) is 0.381. The van der Waals surface area contributed by atoms with Gasteiger partial charge in [-0.1, -0.05) is 48.0 Å². The van der Waals surface area contributed by atoms with Crippen LogP contribution >= 0.6 is 22.9 Å². The van der Waals surface area contributed by atoms with Crippen molar-refractivity contribution in [2.45, 2.75) is 13.0 Å². The van der Waals surface area contributed by atoms with Crippen LogP contribution in [0.3, 0.4) is 0 Å². The fourth-order valence-electron chi connectivity index (χ4n) is 3.40. The Morgan fingerprint density at radius 1 is 1.03 bits per heavy atom. The van der Waals surface area contributed by atoms with E-state index in [9.17, 15) is 14.0 Å². The minimum absolute atomic E-state index is 0.0526. The molecular formula is C26H21ClFN3O3S. The molecule has 6 nitrogen and oxygen atoms in total. The van der Waals surface area contributed by atoms with E-state index in [4.69, 9.17) is 21.7 Å². The Morgan fingerprint density at radius 2 is 1.74 bits per heavy atom. The molecule has 0 unspecified atom stereocenters. The number of nitrogens with one attached hydrogen (secondary N) is 1. The third-order valence-corrected chi connectivity index (χ3v) is 6.30. The fourth-order valence-corrected chi connectivity index (χ4v) is 4.37. The van der Waals surface area contributed by atoms with Gasteiger partial charge in [-0.15, -0.1) is 11.3 Å². The lowest BCUT2D eigenvalue weighted by molar-refractivity contribution is -0.136. The topological polar surface area (TPSA) is 82.5 Å². The van der Waals surface area contributed by atoms with Crippen LogP contribution in [-0.2, 0) is 11.3 Å². The Bertz CT molecular complexity index is 1330. The number of hydrogen-bond acceptors (Lipinski definition) is 5. The molecule has 1 aromatic heterocycles. The van der Waals surface area contributed by atoms with Gasteiger partial charge in [0.25, 0.3) is 5.91 Å². The summed E-state index contributed by atoms with van der Waals surface area (Å²) in [5.41, 5.74) is 3.31. The molecule has 4 rings (SSSR count). The maximum absolute atomic E-state index is 14.8. The minimum atomic E-state index is -0.977. The molecule has 1 amide bonds. The summed E-state index contributed by atoms with van der Waals surface area (Å²) >= 11 is 7.40. The standard InChI is InChI=1S/C26H21ClFN3O3S/c27-20-11-9-18(10-12-20)22-16-35-26(30-22)31(23-4-2-1-3-21(23)28)15-17-5-7-19(8-6-17)25(34)29-14-13-24(32)33/h1-12,16H,13-15H2,(H,29,34)(H,32,33). The van der Waals surface area contributed by atoms with Crippen molar-refractivity contribution in [2.75, 3.05) is 11.4 Å². The van der Waals surface area contributed by atoms with Crippen LogP contribution in [0.2, 0.25) is 5.02 Å². The summed E-state index contributed by atoms with van der Waals surface area (Å²) in [4.78, 5) is 29.4. The lowest BCUT2D eigenvalue weighted by atomic mass is 10.1. The zero-order chi connectivity index (χ0) is 24.8.